The summed E-state index contributed by atoms with van der Waals surface area (Å²) in [5.41, 5.74) is 7.20. The molecule has 3 heterocycles. The Morgan fingerprint density at radius 3 is 2.43 bits per heavy atom. The molecule has 2 N–H and O–H groups in total. The van der Waals surface area contributed by atoms with Crippen LogP contribution in [0, 0.1) is 5.92 Å². The molecule has 1 saturated carbocycles. The van der Waals surface area contributed by atoms with Crippen LogP contribution in [0.1, 0.15) is 49.4 Å². The Labute approximate surface area is 178 Å². The van der Waals surface area contributed by atoms with Gasteiger partial charge in [-0.2, -0.15) is 0 Å². The van der Waals surface area contributed by atoms with Crippen molar-refractivity contribution >= 4 is 30.7 Å². The molecular formula is C20H29Cl2N5O. The second-order valence-corrected chi connectivity index (χ2v) is 7.64. The summed E-state index contributed by atoms with van der Waals surface area (Å²) >= 11 is 0. The highest BCUT2D eigenvalue weighted by Crippen LogP contribution is 2.31. The minimum absolute atomic E-state index is 0. The predicted molar refractivity (Wildman–Crippen MR) is 114 cm³/mol. The summed E-state index contributed by atoms with van der Waals surface area (Å²) in [6.07, 6.45) is 12.3. The molecular weight excluding hydrogens is 397 g/mol. The summed E-state index contributed by atoms with van der Waals surface area (Å²) < 4.78 is 2.23. The molecule has 4 rings (SSSR count). The first-order valence-electron chi connectivity index (χ1n) is 9.65. The molecule has 1 aliphatic heterocycles. The molecule has 0 bridgehead atoms. The van der Waals surface area contributed by atoms with Gasteiger partial charge in [-0.3, -0.25) is 9.78 Å². The lowest BCUT2D eigenvalue weighted by molar-refractivity contribution is -0.136. The van der Waals surface area contributed by atoms with Crippen LogP contribution in [0.4, 0.5) is 0 Å². The molecule has 2 fully saturated rings. The van der Waals surface area contributed by atoms with Crippen molar-refractivity contribution in [2.75, 3.05) is 13.1 Å². The third-order valence-electron chi connectivity index (χ3n) is 5.84. The van der Waals surface area contributed by atoms with Crippen molar-refractivity contribution in [2.45, 2.75) is 50.6 Å². The topological polar surface area (TPSA) is 77.0 Å². The van der Waals surface area contributed by atoms with E-state index >= 15 is 0 Å². The Morgan fingerprint density at radius 1 is 1.07 bits per heavy atom. The number of hydrogen-bond donors (Lipinski definition) is 1. The number of pyridine rings is 1. The molecule has 0 radical (unpaired) electrons. The third kappa shape index (κ3) is 5.04. The first-order chi connectivity index (χ1) is 12.7. The van der Waals surface area contributed by atoms with E-state index in [0.717, 1.165) is 57.6 Å². The van der Waals surface area contributed by atoms with Crippen molar-refractivity contribution in [1.29, 1.82) is 0 Å². The minimum Gasteiger partial charge on any atom is -0.342 e. The fourth-order valence-electron chi connectivity index (χ4n) is 4.36. The van der Waals surface area contributed by atoms with Crippen LogP contribution in [0.3, 0.4) is 0 Å². The molecule has 0 aromatic carbocycles. The van der Waals surface area contributed by atoms with E-state index in [4.69, 9.17) is 5.73 Å². The summed E-state index contributed by atoms with van der Waals surface area (Å²) in [5.74, 6) is 2.02. The fraction of sp³-hybridized carbons (Fsp3) is 0.550. The number of hydrogen-bond acceptors (Lipinski definition) is 4. The Hall–Kier alpha value is -1.63. The highest BCUT2D eigenvalue weighted by Gasteiger charge is 2.33. The maximum Gasteiger partial charge on any atom is 0.225 e. The Bertz CT molecular complexity index is 746. The smallest absolute Gasteiger partial charge is 0.225 e. The molecule has 8 heteroatoms. The van der Waals surface area contributed by atoms with Gasteiger partial charge in [0.05, 0.1) is 0 Å². The molecule has 0 unspecified atom stereocenters. The van der Waals surface area contributed by atoms with Gasteiger partial charge < -0.3 is 15.2 Å². The lowest BCUT2D eigenvalue weighted by Gasteiger charge is -2.33. The first-order valence-corrected chi connectivity index (χ1v) is 9.65. The van der Waals surface area contributed by atoms with Gasteiger partial charge in [0, 0.05) is 62.3 Å². The van der Waals surface area contributed by atoms with Crippen LogP contribution < -0.4 is 5.73 Å². The van der Waals surface area contributed by atoms with Crippen molar-refractivity contribution in [3.8, 4) is 0 Å². The molecule has 2 aromatic rings. The average Bonchev–Trinajstić information content (AvgIpc) is 3.31. The number of nitrogens with two attached hydrogens (primary N) is 1. The Kier molecular flexibility index (Phi) is 8.28. The van der Waals surface area contributed by atoms with E-state index in [9.17, 15) is 4.79 Å². The normalized spacial score (nSPS) is 22.4. The van der Waals surface area contributed by atoms with Crippen LogP contribution in [-0.4, -0.2) is 44.5 Å². The lowest BCUT2D eigenvalue weighted by atomic mass is 9.94. The molecule has 28 heavy (non-hydrogen) atoms. The molecule has 2 aromatic heterocycles. The molecule has 1 aliphatic carbocycles. The van der Waals surface area contributed by atoms with Gasteiger partial charge in [-0.1, -0.05) is 0 Å². The van der Waals surface area contributed by atoms with Crippen LogP contribution in [0.5, 0.6) is 0 Å². The average molecular weight is 426 g/mol. The number of imidazole rings is 1. The van der Waals surface area contributed by atoms with Crippen LogP contribution >= 0.6 is 24.8 Å². The van der Waals surface area contributed by atoms with Crippen molar-refractivity contribution in [3.63, 3.8) is 0 Å². The SMILES string of the molecule is Cl.Cl.N[C@@H]1CC[C@H](C(=O)N2CCC(c3nccn3Cc3ccncc3)CC2)C1. The summed E-state index contributed by atoms with van der Waals surface area (Å²) in [6, 6.07) is 4.29. The molecule has 2 aliphatic rings. The van der Waals surface area contributed by atoms with Gasteiger partial charge >= 0.3 is 0 Å². The van der Waals surface area contributed by atoms with Gasteiger partial charge in [-0.05, 0) is 49.8 Å². The van der Waals surface area contributed by atoms with E-state index in [0.29, 0.717) is 11.8 Å². The molecule has 1 amide bonds. The van der Waals surface area contributed by atoms with Gasteiger partial charge in [0.25, 0.3) is 0 Å². The quantitative estimate of drug-likeness (QED) is 0.816. The minimum atomic E-state index is 0. The fourth-order valence-corrected chi connectivity index (χ4v) is 4.36. The monoisotopic (exact) mass is 425 g/mol. The zero-order valence-corrected chi connectivity index (χ0v) is 17.6. The third-order valence-corrected chi connectivity index (χ3v) is 5.84. The Balaban J connectivity index is 0.00000140. The number of amides is 1. The summed E-state index contributed by atoms with van der Waals surface area (Å²) in [7, 11) is 0. The second kappa shape index (κ2) is 10.2. The van der Waals surface area contributed by atoms with Crippen molar-refractivity contribution in [3.05, 3.63) is 48.3 Å². The molecule has 0 spiro atoms. The maximum atomic E-state index is 12.7. The van der Waals surface area contributed by atoms with Crippen LogP contribution in [0.25, 0.3) is 0 Å². The summed E-state index contributed by atoms with van der Waals surface area (Å²) in [5, 5.41) is 0. The summed E-state index contributed by atoms with van der Waals surface area (Å²) in [4.78, 5) is 23.4. The number of halogens is 2. The van der Waals surface area contributed by atoms with Gasteiger partial charge in [0.2, 0.25) is 5.91 Å². The Morgan fingerprint density at radius 2 is 1.79 bits per heavy atom. The molecule has 1 saturated heterocycles. The maximum absolute atomic E-state index is 12.7. The highest BCUT2D eigenvalue weighted by molar-refractivity contribution is 5.85. The van der Waals surface area contributed by atoms with E-state index in [2.05, 4.69) is 19.4 Å². The number of carbonyl (C=O) groups excluding carboxylic acids is 1. The number of carbonyl (C=O) groups is 1. The van der Waals surface area contributed by atoms with E-state index < -0.39 is 0 Å². The van der Waals surface area contributed by atoms with Gasteiger partial charge in [-0.25, -0.2) is 4.98 Å². The first kappa shape index (κ1) is 22.7. The van der Waals surface area contributed by atoms with Crippen LogP contribution in [0.15, 0.2) is 36.9 Å². The zero-order valence-electron chi connectivity index (χ0n) is 15.9. The summed E-state index contributed by atoms with van der Waals surface area (Å²) in [6.45, 7) is 2.48. The van der Waals surface area contributed by atoms with Gasteiger partial charge in [-0.15, -0.1) is 24.8 Å². The number of nitrogens with zero attached hydrogens (tertiary/aromatic N) is 4. The highest BCUT2D eigenvalue weighted by atomic mass is 35.5. The van der Waals surface area contributed by atoms with E-state index in [1.807, 2.05) is 36.9 Å². The number of aromatic nitrogens is 3. The molecule has 2 atom stereocenters. The molecule has 6 nitrogen and oxygen atoms in total. The number of piperidine rings is 1. The largest absolute Gasteiger partial charge is 0.342 e. The van der Waals surface area contributed by atoms with Gasteiger partial charge in [0.15, 0.2) is 0 Å². The van der Waals surface area contributed by atoms with Crippen molar-refractivity contribution in [1.82, 2.24) is 19.4 Å². The van der Waals surface area contributed by atoms with Crippen LogP contribution in [0.2, 0.25) is 0 Å². The number of likely N-dealkylation sites (tertiary alicyclic amines) is 1. The lowest BCUT2D eigenvalue weighted by Crippen LogP contribution is -2.41. The standard InChI is InChI=1S/C20H27N5O.2ClH/c21-18-2-1-17(13-18)20(26)24-10-5-16(6-11-24)19-23-9-12-25(19)14-15-3-7-22-8-4-15;;/h3-4,7-9,12,16-18H,1-2,5-6,10-11,13-14,21H2;2*1H/t17-,18+;;/m0../s1. The predicted octanol–water partition coefficient (Wildman–Crippen LogP) is 3.00. The van der Waals surface area contributed by atoms with Crippen LogP contribution in [-0.2, 0) is 11.3 Å². The van der Waals surface area contributed by atoms with Crippen molar-refractivity contribution in [2.24, 2.45) is 11.7 Å². The van der Waals surface area contributed by atoms with Gasteiger partial charge in [0.1, 0.15) is 5.82 Å². The van der Waals surface area contributed by atoms with Crippen molar-refractivity contribution < 1.29 is 4.79 Å². The van der Waals surface area contributed by atoms with E-state index in [1.165, 1.54) is 5.56 Å². The zero-order chi connectivity index (χ0) is 17.9. The second-order valence-electron chi connectivity index (χ2n) is 7.64. The number of rotatable bonds is 4. The molecule has 154 valence electrons. The van der Waals surface area contributed by atoms with E-state index in [-0.39, 0.29) is 36.8 Å². The van der Waals surface area contributed by atoms with E-state index in [1.54, 1.807) is 0 Å².